The topological polar surface area (TPSA) is 196 Å². The molecule has 2 fully saturated rings. The Balaban J connectivity index is 2.62. The first-order valence-corrected chi connectivity index (χ1v) is 24.6. The van der Waals surface area contributed by atoms with Crippen LogP contribution in [0.3, 0.4) is 0 Å². The second kappa shape index (κ2) is 28.6. The fraction of sp³-hybridized carbons (Fsp3) is 0.808. The molecular weight excluding hydrogens is 865 g/mol. The van der Waals surface area contributed by atoms with Gasteiger partial charge in [0.15, 0.2) is 5.79 Å². The van der Waals surface area contributed by atoms with E-state index in [2.05, 4.69) is 13.8 Å². The zero-order chi connectivity index (χ0) is 50.8. The fourth-order valence-corrected chi connectivity index (χ4v) is 9.32. The van der Waals surface area contributed by atoms with Gasteiger partial charge in [-0.2, -0.15) is 0 Å². The Bertz CT molecular complexity index is 1670. The molecule has 15 heteroatoms. The van der Waals surface area contributed by atoms with Crippen molar-refractivity contribution in [2.24, 2.45) is 41.4 Å². The maximum atomic E-state index is 13.7. The highest BCUT2D eigenvalue weighted by Gasteiger charge is 2.51. The van der Waals surface area contributed by atoms with Crippen molar-refractivity contribution < 1.29 is 71.8 Å². The van der Waals surface area contributed by atoms with Gasteiger partial charge in [-0.1, -0.05) is 81.4 Å². The van der Waals surface area contributed by atoms with Crippen molar-refractivity contribution in [3.05, 3.63) is 23.3 Å². The van der Waals surface area contributed by atoms with Crippen LogP contribution in [0, 0.1) is 41.4 Å². The van der Waals surface area contributed by atoms with Gasteiger partial charge in [0, 0.05) is 63.4 Å². The molecule has 0 aromatic heterocycles. The predicted octanol–water partition coefficient (Wildman–Crippen LogP) is 8.94. The van der Waals surface area contributed by atoms with E-state index in [0.717, 1.165) is 12.0 Å². The molecule has 0 aromatic rings. The molecule has 384 valence electrons. The van der Waals surface area contributed by atoms with Crippen molar-refractivity contribution in [3.63, 3.8) is 0 Å². The van der Waals surface area contributed by atoms with Crippen molar-refractivity contribution >= 4 is 35.8 Å². The van der Waals surface area contributed by atoms with E-state index in [9.17, 15) is 33.9 Å². The van der Waals surface area contributed by atoms with Crippen LogP contribution in [0.15, 0.2) is 23.3 Å². The van der Waals surface area contributed by atoms with E-state index in [1.165, 1.54) is 21.1 Å². The molecule has 2 aliphatic heterocycles. The minimum atomic E-state index is -1.14. The summed E-state index contributed by atoms with van der Waals surface area (Å²) in [6, 6.07) is 0. The minimum absolute atomic E-state index is 0.00306. The van der Waals surface area contributed by atoms with Gasteiger partial charge in [0.25, 0.3) is 0 Å². The number of methoxy groups -OCH3 is 2. The third kappa shape index (κ3) is 20.4. The Labute approximate surface area is 401 Å². The lowest BCUT2D eigenvalue weighted by molar-refractivity contribution is -0.347. The lowest BCUT2D eigenvalue weighted by Crippen LogP contribution is -2.57. The molecule has 15 nitrogen and oxygen atoms in total. The number of rotatable bonds is 26. The second-order valence-corrected chi connectivity index (χ2v) is 20.5. The Morgan fingerprint density at radius 2 is 1.25 bits per heavy atom. The zero-order valence-corrected chi connectivity index (χ0v) is 43.4. The lowest BCUT2D eigenvalue weighted by atomic mass is 9.79. The standard InChI is InChI=1S/C52H86O15/c1-16-44(54)63-40(21-20-36(10)51(59)61-15)38(12)50(62-39(13)53)42(64-46(56)22-30(2)3)27-37(11)49(65-47(57)23-31(4)5)43-25-34(8)29-52(67-43)28-33(7)24-41(66-52)48(58)35(9)19-17-18-32(6)26-45(55)60-14/h19-20,30-34,37-38,40-43,48-50,58H,16-18,21-29H2,1-15H3/b35-19+,36-20+/t32-,33+,34-,37+,38-,40-,41-,42+,43-,48-,49+,50+,52-/m0/s1. The van der Waals surface area contributed by atoms with Gasteiger partial charge in [0.2, 0.25) is 0 Å². The molecule has 67 heavy (non-hydrogen) atoms. The largest absolute Gasteiger partial charge is 0.469 e. The number of hydrogen-bond acceptors (Lipinski definition) is 15. The van der Waals surface area contributed by atoms with Crippen LogP contribution in [0.5, 0.6) is 0 Å². The second-order valence-electron chi connectivity index (χ2n) is 20.5. The normalized spacial score (nSPS) is 24.9. The smallest absolute Gasteiger partial charge is 0.333 e. The number of aliphatic hydroxyl groups excluding tert-OH is 1. The zero-order valence-electron chi connectivity index (χ0n) is 43.4. The average molecular weight is 951 g/mol. The van der Waals surface area contributed by atoms with Crippen LogP contribution in [0.4, 0.5) is 0 Å². The summed E-state index contributed by atoms with van der Waals surface area (Å²) >= 11 is 0. The Hall–Kier alpha value is -3.82. The van der Waals surface area contributed by atoms with E-state index in [-0.39, 0.29) is 73.2 Å². The number of carbonyl (C=O) groups is 6. The number of ether oxygens (including phenoxy) is 8. The van der Waals surface area contributed by atoms with Crippen LogP contribution < -0.4 is 0 Å². The van der Waals surface area contributed by atoms with Crippen molar-refractivity contribution in [2.75, 3.05) is 14.2 Å². The van der Waals surface area contributed by atoms with E-state index in [0.29, 0.717) is 38.5 Å². The maximum absolute atomic E-state index is 13.7. The quantitative estimate of drug-likeness (QED) is 0.0373. The fourth-order valence-electron chi connectivity index (χ4n) is 9.32. The van der Waals surface area contributed by atoms with Gasteiger partial charge in [-0.3, -0.25) is 24.0 Å². The highest BCUT2D eigenvalue weighted by molar-refractivity contribution is 5.87. The molecule has 2 heterocycles. The number of hydrogen-bond donors (Lipinski definition) is 1. The van der Waals surface area contributed by atoms with Crippen LogP contribution in [-0.2, 0) is 66.7 Å². The van der Waals surface area contributed by atoms with Crippen LogP contribution in [0.25, 0.3) is 0 Å². The lowest BCUT2D eigenvalue weighted by Gasteiger charge is -2.52. The Morgan fingerprint density at radius 3 is 1.79 bits per heavy atom. The van der Waals surface area contributed by atoms with E-state index >= 15 is 0 Å². The van der Waals surface area contributed by atoms with Crippen LogP contribution in [0.2, 0.25) is 0 Å². The summed E-state index contributed by atoms with van der Waals surface area (Å²) in [6.07, 6.45) is 1.79. The highest BCUT2D eigenvalue weighted by Crippen LogP contribution is 2.46. The Kier molecular flexibility index (Phi) is 25.3. The summed E-state index contributed by atoms with van der Waals surface area (Å²) in [5.74, 6) is -5.11. The number of allylic oxidation sites excluding steroid dienone is 1. The molecular formula is C52H86O15. The molecule has 2 rings (SSSR count). The first kappa shape index (κ1) is 59.3. The molecule has 0 aromatic carbocycles. The maximum Gasteiger partial charge on any atom is 0.333 e. The van der Waals surface area contributed by atoms with Gasteiger partial charge in [-0.05, 0) is 87.0 Å². The number of carbonyl (C=O) groups excluding carboxylic acids is 6. The number of esters is 6. The minimum Gasteiger partial charge on any atom is -0.469 e. The molecule has 1 N–H and O–H groups in total. The average Bonchev–Trinajstić information content (AvgIpc) is 3.23. The van der Waals surface area contributed by atoms with Crippen molar-refractivity contribution in [1.82, 2.24) is 0 Å². The van der Waals surface area contributed by atoms with E-state index in [1.54, 1.807) is 26.8 Å². The summed E-state index contributed by atoms with van der Waals surface area (Å²) in [6.45, 7) is 23.8. The third-order valence-corrected chi connectivity index (χ3v) is 12.7. The predicted molar refractivity (Wildman–Crippen MR) is 252 cm³/mol. The summed E-state index contributed by atoms with van der Waals surface area (Å²) in [4.78, 5) is 77.2. The summed E-state index contributed by atoms with van der Waals surface area (Å²) in [7, 11) is 2.65. The summed E-state index contributed by atoms with van der Waals surface area (Å²) in [5, 5.41) is 11.7. The van der Waals surface area contributed by atoms with E-state index < -0.39 is 90.2 Å². The van der Waals surface area contributed by atoms with Crippen LogP contribution in [0.1, 0.15) is 167 Å². The molecule has 1 spiro atoms. The molecule has 0 unspecified atom stereocenters. The first-order valence-electron chi connectivity index (χ1n) is 24.6. The van der Waals surface area contributed by atoms with E-state index in [1.807, 2.05) is 54.5 Å². The van der Waals surface area contributed by atoms with Gasteiger partial charge in [-0.15, -0.1) is 0 Å². The summed E-state index contributed by atoms with van der Waals surface area (Å²) < 4.78 is 48.2. The number of aliphatic hydroxyl groups is 1. The molecule has 0 amide bonds. The molecule has 0 radical (unpaired) electrons. The van der Waals surface area contributed by atoms with Crippen molar-refractivity contribution in [2.45, 2.75) is 216 Å². The van der Waals surface area contributed by atoms with Gasteiger partial charge in [0.05, 0.1) is 26.4 Å². The first-order chi connectivity index (χ1) is 31.3. The molecule has 13 atom stereocenters. The van der Waals surface area contributed by atoms with E-state index in [4.69, 9.17) is 37.9 Å². The molecule has 0 bridgehead atoms. The molecule has 0 aliphatic carbocycles. The van der Waals surface area contributed by atoms with Gasteiger partial charge in [-0.25, -0.2) is 4.79 Å². The van der Waals surface area contributed by atoms with Gasteiger partial charge in [0.1, 0.15) is 30.5 Å². The van der Waals surface area contributed by atoms with Crippen LogP contribution in [-0.4, -0.2) is 104 Å². The Morgan fingerprint density at radius 1 is 0.701 bits per heavy atom. The molecule has 0 saturated carbocycles. The van der Waals surface area contributed by atoms with Crippen molar-refractivity contribution in [3.8, 4) is 0 Å². The molecule has 2 saturated heterocycles. The van der Waals surface area contributed by atoms with Crippen molar-refractivity contribution in [1.29, 1.82) is 0 Å². The van der Waals surface area contributed by atoms with Gasteiger partial charge >= 0.3 is 35.8 Å². The monoisotopic (exact) mass is 951 g/mol. The summed E-state index contributed by atoms with van der Waals surface area (Å²) in [5.41, 5.74) is 1.06. The highest BCUT2D eigenvalue weighted by atomic mass is 16.7. The van der Waals surface area contributed by atoms with Gasteiger partial charge < -0.3 is 43.0 Å². The van der Waals surface area contributed by atoms with Crippen LogP contribution >= 0.6 is 0 Å². The SMILES string of the molecule is CCC(=O)O[C@@H](C/C=C(\C)C(=O)OC)[C@H](C)[C@@H](OC(C)=O)[C@@H](C[C@@H](C)[C@@H](OC(=O)CC(C)C)[C@@H]1C[C@H](C)C[C@]2(C[C@H](C)C[C@@H]([C@@H](O)/C(C)=C/CC[C@H](C)CC(=O)OC)O2)O1)OC(=O)CC(C)C. The molecule has 2 aliphatic rings. The third-order valence-electron chi connectivity index (χ3n) is 12.7.